The molecule has 1 fully saturated rings. The van der Waals surface area contributed by atoms with Gasteiger partial charge in [0.2, 0.25) is 0 Å². The minimum atomic E-state index is 0.268. The first-order chi connectivity index (χ1) is 14.6. The molecular formula is C23H35N5O2. The lowest BCUT2D eigenvalue weighted by Crippen LogP contribution is -2.42. The fraction of sp³-hybridized carbons (Fsp3) is 0.565. The van der Waals surface area contributed by atoms with Gasteiger partial charge in [0, 0.05) is 19.2 Å². The van der Waals surface area contributed by atoms with Crippen LogP contribution in [0.3, 0.4) is 0 Å². The molecule has 1 atom stereocenters. The van der Waals surface area contributed by atoms with Crippen LogP contribution in [0.2, 0.25) is 0 Å². The maximum atomic E-state index is 5.45. The van der Waals surface area contributed by atoms with E-state index in [4.69, 9.17) is 14.3 Å². The minimum absolute atomic E-state index is 0.268. The Morgan fingerprint density at radius 3 is 2.70 bits per heavy atom. The fourth-order valence-electron chi connectivity index (χ4n) is 3.73. The van der Waals surface area contributed by atoms with Crippen molar-refractivity contribution in [2.45, 2.75) is 52.1 Å². The van der Waals surface area contributed by atoms with Gasteiger partial charge in [-0.1, -0.05) is 31.1 Å². The van der Waals surface area contributed by atoms with Crippen molar-refractivity contribution < 1.29 is 9.26 Å². The number of nitrogens with zero attached hydrogens (tertiary/aromatic N) is 3. The Kier molecular flexibility index (Phi) is 8.13. The molecule has 1 saturated heterocycles. The van der Waals surface area contributed by atoms with E-state index in [1.165, 1.54) is 18.4 Å². The Morgan fingerprint density at radius 1 is 1.23 bits per heavy atom. The third kappa shape index (κ3) is 5.98. The second-order valence-electron chi connectivity index (χ2n) is 7.98. The minimum Gasteiger partial charge on any atom is -0.497 e. The summed E-state index contributed by atoms with van der Waals surface area (Å²) in [5, 5.41) is 11.0. The number of benzene rings is 1. The largest absolute Gasteiger partial charge is 0.497 e. The van der Waals surface area contributed by atoms with E-state index >= 15 is 0 Å². The Balaban J connectivity index is 1.69. The number of hydrogen-bond acceptors (Lipinski definition) is 5. The zero-order valence-electron chi connectivity index (χ0n) is 18.6. The van der Waals surface area contributed by atoms with Gasteiger partial charge in [0.1, 0.15) is 12.3 Å². The van der Waals surface area contributed by atoms with E-state index in [-0.39, 0.29) is 6.04 Å². The number of rotatable bonds is 9. The molecule has 1 aliphatic heterocycles. The molecule has 7 heteroatoms. The lowest BCUT2D eigenvalue weighted by Gasteiger charge is -2.29. The summed E-state index contributed by atoms with van der Waals surface area (Å²) >= 11 is 0. The Bertz CT molecular complexity index is 811. The third-order valence-corrected chi connectivity index (χ3v) is 5.43. The molecule has 1 aromatic heterocycles. The molecule has 2 heterocycles. The van der Waals surface area contributed by atoms with Gasteiger partial charge in [-0.3, -0.25) is 4.90 Å². The number of likely N-dealkylation sites (tertiary alicyclic amines) is 1. The average molecular weight is 414 g/mol. The summed E-state index contributed by atoms with van der Waals surface area (Å²) in [6.07, 6.45) is 2.50. The van der Waals surface area contributed by atoms with Crippen molar-refractivity contribution in [3.63, 3.8) is 0 Å². The van der Waals surface area contributed by atoms with Crippen LogP contribution in [0.1, 0.15) is 62.6 Å². The summed E-state index contributed by atoms with van der Waals surface area (Å²) in [5.74, 6) is 2.80. The van der Waals surface area contributed by atoms with E-state index in [1.807, 2.05) is 12.1 Å². The van der Waals surface area contributed by atoms with Crippen molar-refractivity contribution in [3.8, 4) is 5.75 Å². The highest BCUT2D eigenvalue weighted by molar-refractivity contribution is 5.79. The topological polar surface area (TPSA) is 74.9 Å². The van der Waals surface area contributed by atoms with Gasteiger partial charge in [-0.15, -0.1) is 0 Å². The van der Waals surface area contributed by atoms with Crippen LogP contribution in [-0.2, 0) is 6.54 Å². The summed E-state index contributed by atoms with van der Waals surface area (Å²) in [7, 11) is 1.71. The van der Waals surface area contributed by atoms with E-state index in [0.29, 0.717) is 12.5 Å². The number of aliphatic imine (C=N–C) groups is 1. The van der Waals surface area contributed by atoms with Crippen LogP contribution in [-0.4, -0.2) is 49.3 Å². The van der Waals surface area contributed by atoms with E-state index in [1.54, 1.807) is 7.11 Å². The molecule has 2 aromatic rings. The number of aromatic nitrogens is 1. The first kappa shape index (κ1) is 22.2. The first-order valence-electron chi connectivity index (χ1n) is 11.0. The lowest BCUT2D eigenvalue weighted by atomic mass is 10.1. The van der Waals surface area contributed by atoms with Crippen molar-refractivity contribution in [2.24, 2.45) is 4.99 Å². The van der Waals surface area contributed by atoms with Gasteiger partial charge in [0.05, 0.1) is 18.8 Å². The number of methoxy groups -OCH3 is 1. The van der Waals surface area contributed by atoms with Gasteiger partial charge in [-0.2, -0.15) is 0 Å². The van der Waals surface area contributed by atoms with Crippen LogP contribution in [0.15, 0.2) is 39.8 Å². The monoisotopic (exact) mass is 413 g/mol. The molecule has 0 aliphatic carbocycles. The molecule has 0 radical (unpaired) electrons. The second kappa shape index (κ2) is 11.0. The van der Waals surface area contributed by atoms with Crippen LogP contribution in [0.4, 0.5) is 0 Å². The molecule has 0 amide bonds. The molecule has 1 aromatic carbocycles. The Hall–Kier alpha value is -2.54. The van der Waals surface area contributed by atoms with E-state index in [2.05, 4.69) is 59.7 Å². The zero-order chi connectivity index (χ0) is 21.3. The normalized spacial score (nSPS) is 16.1. The van der Waals surface area contributed by atoms with Gasteiger partial charge in [0.15, 0.2) is 11.7 Å². The van der Waals surface area contributed by atoms with Crippen LogP contribution in [0, 0.1) is 0 Å². The SMILES string of the molecule is CCNC(=NCc1cc(C(C)C)no1)NCC(c1cccc(OC)c1)N1CCCC1. The molecule has 3 rings (SSSR count). The van der Waals surface area contributed by atoms with Crippen LogP contribution >= 0.6 is 0 Å². The van der Waals surface area contributed by atoms with Gasteiger partial charge in [-0.05, 0) is 56.5 Å². The van der Waals surface area contributed by atoms with E-state index in [0.717, 1.165) is 49.3 Å². The molecule has 2 N–H and O–H groups in total. The highest BCUT2D eigenvalue weighted by Gasteiger charge is 2.24. The molecule has 0 bridgehead atoms. The van der Waals surface area contributed by atoms with E-state index in [9.17, 15) is 0 Å². The van der Waals surface area contributed by atoms with Crippen molar-refractivity contribution >= 4 is 5.96 Å². The number of hydrogen-bond donors (Lipinski definition) is 2. The summed E-state index contributed by atoms with van der Waals surface area (Å²) in [6.45, 7) is 10.5. The smallest absolute Gasteiger partial charge is 0.191 e. The average Bonchev–Trinajstić information content (AvgIpc) is 3.45. The molecule has 164 valence electrons. The molecule has 7 nitrogen and oxygen atoms in total. The van der Waals surface area contributed by atoms with Crippen molar-refractivity contribution in [1.82, 2.24) is 20.7 Å². The maximum Gasteiger partial charge on any atom is 0.191 e. The molecule has 0 spiro atoms. The molecule has 30 heavy (non-hydrogen) atoms. The number of ether oxygens (including phenoxy) is 1. The van der Waals surface area contributed by atoms with Gasteiger partial charge < -0.3 is 19.9 Å². The van der Waals surface area contributed by atoms with Gasteiger partial charge >= 0.3 is 0 Å². The quantitative estimate of drug-likeness (QED) is 0.482. The standard InChI is InChI=1S/C23H35N5O2/c1-5-24-23(25-15-20-14-21(17(2)3)27-30-20)26-16-22(28-11-6-7-12-28)18-9-8-10-19(13-18)29-4/h8-10,13-14,17,22H,5-7,11-12,15-16H2,1-4H3,(H2,24,25,26). The number of nitrogens with one attached hydrogen (secondary N) is 2. The first-order valence-corrected chi connectivity index (χ1v) is 11.0. The number of guanidine groups is 1. The Labute approximate surface area is 179 Å². The van der Waals surface area contributed by atoms with Gasteiger partial charge in [0.25, 0.3) is 0 Å². The lowest BCUT2D eigenvalue weighted by molar-refractivity contribution is 0.245. The predicted molar refractivity (Wildman–Crippen MR) is 120 cm³/mol. The Morgan fingerprint density at radius 2 is 2.03 bits per heavy atom. The summed E-state index contributed by atoms with van der Waals surface area (Å²) in [6, 6.07) is 10.6. The predicted octanol–water partition coefficient (Wildman–Crippen LogP) is 3.70. The van der Waals surface area contributed by atoms with Gasteiger partial charge in [-0.25, -0.2) is 4.99 Å². The maximum absolute atomic E-state index is 5.45. The highest BCUT2D eigenvalue weighted by Crippen LogP contribution is 2.27. The van der Waals surface area contributed by atoms with Crippen LogP contribution in [0.5, 0.6) is 5.75 Å². The van der Waals surface area contributed by atoms with E-state index < -0.39 is 0 Å². The van der Waals surface area contributed by atoms with Crippen molar-refractivity contribution in [1.29, 1.82) is 0 Å². The highest BCUT2D eigenvalue weighted by atomic mass is 16.5. The fourth-order valence-corrected chi connectivity index (χ4v) is 3.73. The second-order valence-corrected chi connectivity index (χ2v) is 7.98. The molecule has 1 aliphatic rings. The molecule has 0 saturated carbocycles. The third-order valence-electron chi connectivity index (χ3n) is 5.43. The van der Waals surface area contributed by atoms with Crippen molar-refractivity contribution in [2.75, 3.05) is 33.3 Å². The molecular weight excluding hydrogens is 378 g/mol. The summed E-state index contributed by atoms with van der Waals surface area (Å²) in [5.41, 5.74) is 2.22. The summed E-state index contributed by atoms with van der Waals surface area (Å²) < 4.78 is 10.9. The van der Waals surface area contributed by atoms with Crippen molar-refractivity contribution in [3.05, 3.63) is 47.3 Å². The van der Waals surface area contributed by atoms with Crippen LogP contribution in [0.25, 0.3) is 0 Å². The van der Waals surface area contributed by atoms with Crippen LogP contribution < -0.4 is 15.4 Å². The summed E-state index contributed by atoms with van der Waals surface area (Å²) in [4.78, 5) is 7.24. The zero-order valence-corrected chi connectivity index (χ0v) is 18.6. The molecule has 1 unspecified atom stereocenters.